The molecule has 2 aromatic rings. The average Bonchev–Trinajstić information content (AvgIpc) is 2.67. The van der Waals surface area contributed by atoms with E-state index < -0.39 is 6.04 Å². The lowest BCUT2D eigenvalue weighted by atomic mass is 10.0. The first-order valence-corrected chi connectivity index (χ1v) is 10.8. The number of carbonyl (C=O) groups excluding carboxylic acids is 2. The molecule has 0 fully saturated rings. The van der Waals surface area contributed by atoms with Crippen molar-refractivity contribution in [1.29, 1.82) is 0 Å². The summed E-state index contributed by atoms with van der Waals surface area (Å²) in [5.41, 5.74) is 4.19. The number of carbonyl (C=O) groups is 2. The first-order valence-electron chi connectivity index (χ1n) is 10.8. The maximum Gasteiger partial charge on any atom is 0.243 e. The Morgan fingerprint density at radius 2 is 1.63 bits per heavy atom. The van der Waals surface area contributed by atoms with E-state index in [1.54, 1.807) is 4.90 Å². The van der Waals surface area contributed by atoms with Crippen LogP contribution in [0, 0.1) is 13.8 Å². The van der Waals surface area contributed by atoms with Crippen molar-refractivity contribution >= 4 is 11.8 Å². The van der Waals surface area contributed by atoms with Crippen molar-refractivity contribution in [2.24, 2.45) is 0 Å². The van der Waals surface area contributed by atoms with E-state index in [4.69, 9.17) is 0 Å². The zero-order chi connectivity index (χ0) is 22.3. The van der Waals surface area contributed by atoms with E-state index in [1.165, 1.54) is 5.56 Å². The van der Waals surface area contributed by atoms with E-state index in [-0.39, 0.29) is 17.4 Å². The van der Waals surface area contributed by atoms with Gasteiger partial charge in [0.25, 0.3) is 0 Å². The molecule has 0 unspecified atom stereocenters. The van der Waals surface area contributed by atoms with Crippen molar-refractivity contribution in [2.75, 3.05) is 0 Å². The monoisotopic (exact) mass is 408 g/mol. The van der Waals surface area contributed by atoms with Gasteiger partial charge in [0.05, 0.1) is 0 Å². The van der Waals surface area contributed by atoms with Crippen LogP contribution in [0.3, 0.4) is 0 Å². The second-order valence-electron chi connectivity index (χ2n) is 9.10. The number of benzene rings is 2. The summed E-state index contributed by atoms with van der Waals surface area (Å²) in [5, 5.41) is 3.05. The number of hydrogen-bond acceptors (Lipinski definition) is 2. The lowest BCUT2D eigenvalue weighted by molar-refractivity contribution is -0.142. The van der Waals surface area contributed by atoms with Crippen molar-refractivity contribution < 1.29 is 9.59 Å². The van der Waals surface area contributed by atoms with Gasteiger partial charge in [-0.05, 0) is 64.2 Å². The Kier molecular flexibility index (Phi) is 8.22. The van der Waals surface area contributed by atoms with Crippen LogP contribution >= 0.6 is 0 Å². The van der Waals surface area contributed by atoms with Crippen LogP contribution in [-0.4, -0.2) is 28.3 Å². The highest BCUT2D eigenvalue weighted by molar-refractivity contribution is 5.88. The molecule has 4 heteroatoms. The molecule has 0 aromatic heterocycles. The molecule has 0 radical (unpaired) electrons. The number of nitrogens with one attached hydrogen (secondary N) is 1. The van der Waals surface area contributed by atoms with Crippen LogP contribution < -0.4 is 5.32 Å². The van der Waals surface area contributed by atoms with Gasteiger partial charge < -0.3 is 10.2 Å². The fourth-order valence-corrected chi connectivity index (χ4v) is 3.49. The van der Waals surface area contributed by atoms with Crippen molar-refractivity contribution in [3.8, 4) is 0 Å². The quantitative estimate of drug-likeness (QED) is 0.671. The van der Waals surface area contributed by atoms with Crippen LogP contribution in [0.5, 0.6) is 0 Å². The molecule has 0 saturated heterocycles. The molecule has 0 aliphatic carbocycles. The topological polar surface area (TPSA) is 49.4 Å². The predicted molar refractivity (Wildman–Crippen MR) is 123 cm³/mol. The molecule has 0 aliphatic heterocycles. The van der Waals surface area contributed by atoms with Crippen molar-refractivity contribution in [1.82, 2.24) is 10.2 Å². The number of aryl methyl sites for hydroxylation is 3. The lowest BCUT2D eigenvalue weighted by Gasteiger charge is -2.33. The maximum atomic E-state index is 13.3. The van der Waals surface area contributed by atoms with Gasteiger partial charge in [0.1, 0.15) is 6.04 Å². The summed E-state index contributed by atoms with van der Waals surface area (Å²) in [5.74, 6) is -0.0861. The smallest absolute Gasteiger partial charge is 0.243 e. The number of rotatable bonds is 8. The van der Waals surface area contributed by atoms with Gasteiger partial charge in [0.15, 0.2) is 0 Å². The minimum absolute atomic E-state index is 0.00902. The lowest BCUT2D eigenvalue weighted by Crippen LogP contribution is -2.53. The Morgan fingerprint density at radius 3 is 2.20 bits per heavy atom. The molecule has 1 N–H and O–H groups in total. The molecule has 162 valence electrons. The second kappa shape index (κ2) is 10.4. The van der Waals surface area contributed by atoms with E-state index in [0.717, 1.165) is 16.7 Å². The highest BCUT2D eigenvalue weighted by Gasteiger charge is 2.30. The molecule has 0 aliphatic rings. The van der Waals surface area contributed by atoms with Gasteiger partial charge in [0, 0.05) is 18.5 Å². The van der Waals surface area contributed by atoms with E-state index >= 15 is 0 Å². The van der Waals surface area contributed by atoms with Gasteiger partial charge in [-0.2, -0.15) is 0 Å². The standard InChI is InChI=1S/C26H36N2O2/c1-7-23(25(30)27-26(4,5)6)28(18-22-11-9-8-10-20(22)3)24(29)17-16-21-14-12-19(2)13-15-21/h8-15,23H,7,16-18H2,1-6H3,(H,27,30)/t23-/m0/s1. The molecule has 0 heterocycles. The summed E-state index contributed by atoms with van der Waals surface area (Å²) in [6.07, 6.45) is 1.62. The second-order valence-corrected chi connectivity index (χ2v) is 9.10. The average molecular weight is 409 g/mol. The number of hydrogen-bond donors (Lipinski definition) is 1. The largest absolute Gasteiger partial charge is 0.350 e. The van der Waals surface area contributed by atoms with Crippen molar-refractivity contribution in [2.45, 2.75) is 78.9 Å². The van der Waals surface area contributed by atoms with Gasteiger partial charge in [-0.25, -0.2) is 0 Å². The maximum absolute atomic E-state index is 13.3. The van der Waals surface area contributed by atoms with E-state index in [1.807, 2.05) is 58.9 Å². The fraction of sp³-hybridized carbons (Fsp3) is 0.462. The normalized spacial score (nSPS) is 12.3. The Bertz CT molecular complexity index is 850. The van der Waals surface area contributed by atoms with E-state index in [0.29, 0.717) is 25.8 Å². The van der Waals surface area contributed by atoms with Gasteiger partial charge in [0.2, 0.25) is 11.8 Å². The zero-order valence-electron chi connectivity index (χ0n) is 19.3. The Hall–Kier alpha value is -2.62. The minimum atomic E-state index is -0.491. The Balaban J connectivity index is 2.24. The van der Waals surface area contributed by atoms with Crippen LogP contribution in [0.25, 0.3) is 0 Å². The van der Waals surface area contributed by atoms with Crippen LogP contribution in [0.1, 0.15) is 62.8 Å². The molecule has 1 atom stereocenters. The van der Waals surface area contributed by atoms with Crippen LogP contribution in [0.15, 0.2) is 48.5 Å². The van der Waals surface area contributed by atoms with Crippen molar-refractivity contribution in [3.63, 3.8) is 0 Å². The van der Waals surface area contributed by atoms with Crippen molar-refractivity contribution in [3.05, 3.63) is 70.8 Å². The van der Waals surface area contributed by atoms with Crippen LogP contribution in [-0.2, 0) is 22.6 Å². The zero-order valence-corrected chi connectivity index (χ0v) is 19.3. The summed E-state index contributed by atoms with van der Waals surface area (Å²) in [4.78, 5) is 28.1. The first kappa shape index (κ1) is 23.7. The Labute approximate surface area is 181 Å². The molecule has 30 heavy (non-hydrogen) atoms. The molecule has 4 nitrogen and oxygen atoms in total. The SMILES string of the molecule is CC[C@@H](C(=O)NC(C)(C)C)N(Cc1ccccc1C)C(=O)CCc1ccc(C)cc1. The third-order valence-corrected chi connectivity index (χ3v) is 5.23. The highest BCUT2D eigenvalue weighted by Crippen LogP contribution is 2.18. The van der Waals surface area contributed by atoms with Gasteiger partial charge in [-0.3, -0.25) is 9.59 Å². The Morgan fingerprint density at radius 1 is 1.00 bits per heavy atom. The molecule has 0 spiro atoms. The number of nitrogens with zero attached hydrogens (tertiary/aromatic N) is 1. The first-order chi connectivity index (χ1) is 14.1. The summed E-state index contributed by atoms with van der Waals surface area (Å²) in [6.45, 7) is 12.4. The molecule has 2 amide bonds. The molecular formula is C26H36N2O2. The molecule has 2 aromatic carbocycles. The highest BCUT2D eigenvalue weighted by atomic mass is 16.2. The third kappa shape index (κ3) is 7.01. The molecule has 0 bridgehead atoms. The van der Waals surface area contributed by atoms with E-state index in [2.05, 4.69) is 36.5 Å². The minimum Gasteiger partial charge on any atom is -0.350 e. The van der Waals surface area contributed by atoms with Crippen LogP contribution in [0.2, 0.25) is 0 Å². The summed E-state index contributed by atoms with van der Waals surface area (Å²) in [7, 11) is 0. The fourth-order valence-electron chi connectivity index (χ4n) is 3.49. The molecular weight excluding hydrogens is 372 g/mol. The predicted octanol–water partition coefficient (Wildman–Crippen LogP) is 4.96. The third-order valence-electron chi connectivity index (χ3n) is 5.23. The van der Waals surface area contributed by atoms with E-state index in [9.17, 15) is 9.59 Å². The molecule has 0 saturated carbocycles. The van der Waals surface area contributed by atoms with Gasteiger partial charge in [-0.15, -0.1) is 0 Å². The van der Waals surface area contributed by atoms with Gasteiger partial charge in [-0.1, -0.05) is 61.0 Å². The number of amides is 2. The summed E-state index contributed by atoms with van der Waals surface area (Å²) in [6, 6.07) is 15.8. The summed E-state index contributed by atoms with van der Waals surface area (Å²) >= 11 is 0. The van der Waals surface area contributed by atoms with Crippen LogP contribution in [0.4, 0.5) is 0 Å². The summed E-state index contributed by atoms with van der Waals surface area (Å²) < 4.78 is 0. The van der Waals surface area contributed by atoms with Gasteiger partial charge >= 0.3 is 0 Å². The molecule has 2 rings (SSSR count).